The van der Waals surface area contributed by atoms with Gasteiger partial charge in [-0.2, -0.15) is 0 Å². The minimum atomic E-state index is -1.54. The topological polar surface area (TPSA) is 464 Å². The molecule has 4 aromatic rings. The number of carboxylic acid groups (broad SMARTS) is 1. The fourth-order valence-electron chi connectivity index (χ4n) is 11.1. The van der Waals surface area contributed by atoms with E-state index in [0.717, 1.165) is 21.7 Å². The Hall–Kier alpha value is -9.83. The Morgan fingerprint density at radius 3 is 2.07 bits per heavy atom. The zero-order valence-corrected chi connectivity index (χ0v) is 52.2. The number of benzene rings is 3. The van der Waals surface area contributed by atoms with Crippen LogP contribution in [0.1, 0.15) is 121 Å². The third-order valence-corrected chi connectivity index (χ3v) is 15.9. The second-order valence-corrected chi connectivity index (χ2v) is 23.1. The van der Waals surface area contributed by atoms with E-state index in [1.165, 1.54) is 11.8 Å². The summed E-state index contributed by atoms with van der Waals surface area (Å²) < 4.78 is 0. The number of aromatic nitrogens is 1. The molecule has 0 spiro atoms. The van der Waals surface area contributed by atoms with Crippen LogP contribution in [0.25, 0.3) is 21.7 Å². The Balaban J connectivity index is 1.40. The van der Waals surface area contributed by atoms with Crippen LogP contribution in [0.5, 0.6) is 0 Å². The van der Waals surface area contributed by atoms with E-state index in [1.807, 2.05) is 61.5 Å². The number of guanidine groups is 2. The number of aromatic amines is 1. The molecule has 2 fully saturated rings. The van der Waals surface area contributed by atoms with E-state index in [1.54, 1.807) is 18.3 Å². The van der Waals surface area contributed by atoms with Gasteiger partial charge in [0.1, 0.15) is 48.3 Å². The monoisotopic (exact) mass is 1280 g/mol. The predicted octanol–water partition coefficient (Wildman–Crippen LogP) is -0.521. The molecule has 19 N–H and O–H groups in total. The maximum absolute atomic E-state index is 15.1. The highest BCUT2D eigenvalue weighted by Gasteiger charge is 2.41. The number of unbranched alkanes of at least 4 members (excludes halogenated alkanes) is 2. The van der Waals surface area contributed by atoms with Crippen LogP contribution in [0.2, 0.25) is 0 Å². The number of carbonyl (C=O) groups excluding carboxylic acids is 10. The Kier molecular flexibility index (Phi) is 28.0. The molecule has 0 bridgehead atoms. The fraction of sp³-hybridized carbons (Fsp3) is 0.508. The predicted molar refractivity (Wildman–Crippen MR) is 344 cm³/mol. The summed E-state index contributed by atoms with van der Waals surface area (Å²) in [5.41, 5.74) is 25.1. The number of carboxylic acids is 1. The number of hydrogen-bond acceptors (Lipinski definition) is 13. The molecule has 0 saturated carbocycles. The van der Waals surface area contributed by atoms with Gasteiger partial charge < -0.3 is 85.8 Å². The van der Waals surface area contributed by atoms with Crippen LogP contribution in [0.4, 0.5) is 0 Å². The number of nitrogens with two attached hydrogens (primary N) is 4. The standard InChI is InChI=1S/C63H89N17O12/c1-3-4-18-45(73-37(2)81)55(86)79-50-35-52(82)68-27-11-9-20-44(54(64)85)74-56(87)46(21-10-12-28-70-63(67)71-30-26-53(83)84)75-59(90)49(34-41-36-72-43-19-8-7-17-42(41)43)77-57(88)47(22-13-29-69-62(65)66)76-58(89)48(78-60(91)51-23-14-31-80(51)61(50)92)33-38-24-25-39-15-5-6-16-40(39)32-38/h5-8,15-17,19,24-25,32,36,44-51,72H,3-4,9-14,18,20-23,26-31,33-35H2,1-2H3,(H2,64,85)(H,68,82)(H,73,81)(H,74,87)(H,75,90)(H,76,89)(H,77,88)(H,78,91)(H,79,86)(H,83,84)(H4,65,66,69)(H3,67,70,71)/t44-,45-,46-,47-,48+,49-,50-,51-/m0/s1. The van der Waals surface area contributed by atoms with E-state index >= 15 is 14.4 Å². The highest BCUT2D eigenvalue weighted by molar-refractivity contribution is 6.00. The van der Waals surface area contributed by atoms with Crippen molar-refractivity contribution in [1.29, 1.82) is 0 Å². The van der Waals surface area contributed by atoms with Crippen molar-refractivity contribution in [2.45, 2.75) is 171 Å². The summed E-state index contributed by atoms with van der Waals surface area (Å²) in [4.78, 5) is 166. The van der Waals surface area contributed by atoms with Crippen molar-refractivity contribution in [3.63, 3.8) is 0 Å². The molecule has 2 saturated heterocycles. The third-order valence-electron chi connectivity index (χ3n) is 15.9. The molecule has 0 unspecified atom stereocenters. The zero-order chi connectivity index (χ0) is 66.7. The number of rotatable bonds is 23. The molecule has 1 aromatic heterocycles. The first-order valence-electron chi connectivity index (χ1n) is 31.4. The van der Waals surface area contributed by atoms with Crippen molar-refractivity contribution in [3.05, 3.63) is 84.1 Å². The van der Waals surface area contributed by atoms with Gasteiger partial charge in [-0.15, -0.1) is 0 Å². The first kappa shape index (κ1) is 71.2. The number of hydrogen-bond donors (Lipinski definition) is 15. The maximum atomic E-state index is 15.1. The maximum Gasteiger partial charge on any atom is 0.305 e. The molecule has 3 aromatic carbocycles. The smallest absolute Gasteiger partial charge is 0.305 e. The molecular weight excluding hydrogens is 1190 g/mol. The molecule has 8 atom stereocenters. The summed E-state index contributed by atoms with van der Waals surface area (Å²) in [5.74, 6) is -8.88. The second kappa shape index (κ2) is 36.1. The van der Waals surface area contributed by atoms with Crippen LogP contribution in [-0.2, 0) is 65.6 Å². The van der Waals surface area contributed by atoms with Gasteiger partial charge in [0, 0.05) is 69.6 Å². The molecule has 2 aliphatic rings. The van der Waals surface area contributed by atoms with Crippen LogP contribution in [0.3, 0.4) is 0 Å². The highest BCUT2D eigenvalue weighted by Crippen LogP contribution is 2.23. The number of fused-ring (bicyclic) bond motifs is 3. The van der Waals surface area contributed by atoms with Crippen molar-refractivity contribution < 1.29 is 57.8 Å². The van der Waals surface area contributed by atoms with E-state index < -0.39 is 120 Å². The molecule has 0 radical (unpaired) electrons. The van der Waals surface area contributed by atoms with Crippen molar-refractivity contribution in [1.82, 2.24) is 57.7 Å². The Morgan fingerprint density at radius 2 is 1.36 bits per heavy atom. The van der Waals surface area contributed by atoms with Crippen molar-refractivity contribution >= 4 is 98.6 Å². The number of carbonyl (C=O) groups is 11. The minimum absolute atomic E-state index is 0.00188. The second-order valence-electron chi connectivity index (χ2n) is 23.1. The van der Waals surface area contributed by atoms with E-state index in [4.69, 9.17) is 28.0 Å². The van der Waals surface area contributed by atoms with E-state index in [0.29, 0.717) is 36.8 Å². The molecule has 498 valence electrons. The summed E-state index contributed by atoms with van der Waals surface area (Å²) in [6, 6.07) is 9.52. The Morgan fingerprint density at radius 1 is 0.707 bits per heavy atom. The van der Waals surface area contributed by atoms with Crippen molar-refractivity contribution in [3.8, 4) is 0 Å². The van der Waals surface area contributed by atoms with Crippen LogP contribution >= 0.6 is 0 Å². The van der Waals surface area contributed by atoms with Gasteiger partial charge in [-0.05, 0) is 98.6 Å². The minimum Gasteiger partial charge on any atom is -0.481 e. The molecular formula is C63H89N17O12. The molecule has 2 aliphatic heterocycles. The van der Waals surface area contributed by atoms with E-state index in [9.17, 15) is 38.4 Å². The Labute approximate surface area is 533 Å². The number of nitrogens with zero attached hydrogens (tertiary/aromatic N) is 3. The molecule has 29 nitrogen and oxygen atoms in total. The average Bonchev–Trinajstić information content (AvgIpc) is 1.59. The van der Waals surface area contributed by atoms with E-state index in [-0.39, 0.29) is 122 Å². The lowest BCUT2D eigenvalue weighted by Gasteiger charge is -2.31. The summed E-state index contributed by atoms with van der Waals surface area (Å²) in [7, 11) is 0. The van der Waals surface area contributed by atoms with Gasteiger partial charge in [0.25, 0.3) is 0 Å². The lowest BCUT2D eigenvalue weighted by Crippen LogP contribution is -2.60. The van der Waals surface area contributed by atoms with Crippen LogP contribution in [-0.4, -0.2) is 173 Å². The quantitative estimate of drug-likeness (QED) is 0.0252. The lowest BCUT2D eigenvalue weighted by atomic mass is 9.99. The lowest BCUT2D eigenvalue weighted by molar-refractivity contribution is -0.143. The number of para-hydroxylation sites is 1. The molecule has 92 heavy (non-hydrogen) atoms. The molecule has 10 amide bonds. The van der Waals surface area contributed by atoms with Gasteiger partial charge in [0.2, 0.25) is 59.1 Å². The SMILES string of the molecule is CCCC[C@H](NC(C)=O)C(=O)N[C@H]1CC(=O)NCCCC[C@@H](C(N)=O)NC(=O)[C@H](CCCCN=C(N)NCCC(=O)O)NC(=O)[C@H](Cc2c[nH]c3ccccc23)NC(=O)[C@H](CCCN=C(N)N)NC(=O)[C@@H](Cc2ccc3ccccc3c2)NC(=O)[C@@H]2CCCN2C1=O. The summed E-state index contributed by atoms with van der Waals surface area (Å²) in [6.45, 7) is 3.38. The summed E-state index contributed by atoms with van der Waals surface area (Å²) in [6.07, 6.45) is 3.48. The molecule has 29 heteroatoms. The molecule has 6 rings (SSSR count). The normalized spacial score (nSPS) is 21.5. The molecule has 3 heterocycles. The summed E-state index contributed by atoms with van der Waals surface area (Å²) in [5, 5.41) is 36.3. The van der Waals surface area contributed by atoms with Crippen LogP contribution in [0, 0.1) is 0 Å². The first-order chi connectivity index (χ1) is 44.1. The first-order valence-corrected chi connectivity index (χ1v) is 31.4. The van der Waals surface area contributed by atoms with Gasteiger partial charge in [-0.1, -0.05) is 80.4 Å². The van der Waals surface area contributed by atoms with Gasteiger partial charge in [0.15, 0.2) is 11.9 Å². The highest BCUT2D eigenvalue weighted by atomic mass is 16.4. The van der Waals surface area contributed by atoms with Gasteiger partial charge in [-0.3, -0.25) is 62.7 Å². The van der Waals surface area contributed by atoms with Gasteiger partial charge >= 0.3 is 5.97 Å². The fourth-order valence-corrected chi connectivity index (χ4v) is 11.1. The number of aliphatic imine (C=N–C) groups is 2. The number of primary amides is 1. The average molecular weight is 1280 g/mol. The third kappa shape index (κ3) is 22.6. The summed E-state index contributed by atoms with van der Waals surface area (Å²) >= 11 is 0. The largest absolute Gasteiger partial charge is 0.481 e. The van der Waals surface area contributed by atoms with Crippen molar-refractivity contribution in [2.75, 3.05) is 32.7 Å². The zero-order valence-electron chi connectivity index (χ0n) is 52.2. The number of amides is 10. The van der Waals surface area contributed by atoms with Crippen LogP contribution < -0.4 is 70.8 Å². The van der Waals surface area contributed by atoms with Crippen LogP contribution in [0.15, 0.2) is 82.9 Å². The van der Waals surface area contributed by atoms with Crippen molar-refractivity contribution in [2.24, 2.45) is 32.9 Å². The van der Waals surface area contributed by atoms with Gasteiger partial charge in [0.05, 0.1) is 12.8 Å². The number of H-pyrrole nitrogens is 1. The Bertz CT molecular complexity index is 3310. The number of nitrogens with one attached hydrogen (secondary N) is 10. The van der Waals surface area contributed by atoms with E-state index in [2.05, 4.69) is 62.8 Å². The number of aliphatic carboxylic acids is 1. The molecule has 0 aliphatic carbocycles. The van der Waals surface area contributed by atoms with Gasteiger partial charge in [-0.25, -0.2) is 0 Å².